The van der Waals surface area contributed by atoms with Crippen LogP contribution in [0, 0.1) is 0 Å². The van der Waals surface area contributed by atoms with E-state index in [1.54, 1.807) is 36.4 Å². The molecule has 1 fully saturated rings. The molecule has 0 unspecified atom stereocenters. The Hall–Kier alpha value is -4.30. The predicted molar refractivity (Wildman–Crippen MR) is 129 cm³/mol. The number of carbonyl (C=O) groups is 1. The number of phenolic OH excluding ortho intramolecular Hbond substituents is 3. The Labute approximate surface area is 200 Å². The van der Waals surface area contributed by atoms with Gasteiger partial charge in [0.25, 0.3) is 0 Å². The Morgan fingerprint density at radius 2 is 1.60 bits per heavy atom. The monoisotopic (exact) mass is 473 g/mol. The van der Waals surface area contributed by atoms with Gasteiger partial charge in [0, 0.05) is 24.2 Å². The zero-order valence-corrected chi connectivity index (χ0v) is 18.7. The summed E-state index contributed by atoms with van der Waals surface area (Å²) in [5.74, 6) is -2.12. The van der Waals surface area contributed by atoms with Crippen LogP contribution in [0.3, 0.4) is 0 Å². The molecule has 3 N–H and O–H groups in total. The lowest BCUT2D eigenvalue weighted by Gasteiger charge is -2.14. The molecule has 8 nitrogen and oxygen atoms in total. The predicted octanol–water partition coefficient (Wildman–Crippen LogP) is 4.39. The molecule has 0 amide bonds. The van der Waals surface area contributed by atoms with Gasteiger partial charge in [-0.3, -0.25) is 9.69 Å². The second-order valence-electron chi connectivity index (χ2n) is 8.54. The summed E-state index contributed by atoms with van der Waals surface area (Å²) in [4.78, 5) is 27.4. The van der Waals surface area contributed by atoms with E-state index in [2.05, 4.69) is 4.90 Å². The third-order valence-corrected chi connectivity index (χ3v) is 6.09. The zero-order valence-electron chi connectivity index (χ0n) is 18.7. The summed E-state index contributed by atoms with van der Waals surface area (Å²) in [5.41, 5.74) is 1.45. The lowest BCUT2D eigenvalue weighted by atomic mass is 10.1. The normalized spacial score (nSPS) is 13.8. The quantitative estimate of drug-likeness (QED) is 0.222. The Morgan fingerprint density at radius 1 is 0.914 bits per heavy atom. The van der Waals surface area contributed by atoms with E-state index in [1.165, 1.54) is 18.9 Å². The summed E-state index contributed by atoms with van der Waals surface area (Å²) in [6.45, 7) is 3.09. The van der Waals surface area contributed by atoms with Crippen LogP contribution in [0.5, 0.6) is 23.0 Å². The molecule has 178 valence electrons. The van der Waals surface area contributed by atoms with Gasteiger partial charge in [0.1, 0.15) is 22.5 Å². The van der Waals surface area contributed by atoms with Crippen molar-refractivity contribution in [3.8, 4) is 34.3 Å². The maximum Gasteiger partial charge on any atom is 0.343 e. The smallest absolute Gasteiger partial charge is 0.343 e. The molecule has 1 saturated heterocycles. The highest BCUT2D eigenvalue weighted by Crippen LogP contribution is 2.40. The van der Waals surface area contributed by atoms with Crippen molar-refractivity contribution in [2.45, 2.75) is 19.4 Å². The van der Waals surface area contributed by atoms with E-state index in [9.17, 15) is 24.9 Å². The first-order valence-electron chi connectivity index (χ1n) is 11.2. The molecule has 2 heterocycles. The summed E-state index contributed by atoms with van der Waals surface area (Å²) in [6, 6.07) is 16.0. The molecule has 0 saturated carbocycles. The molecule has 5 rings (SSSR count). The van der Waals surface area contributed by atoms with Crippen LogP contribution in [0.1, 0.15) is 28.8 Å². The number of fused-ring (bicyclic) bond motifs is 1. The fraction of sp³-hybridized carbons (Fsp3) is 0.185. The largest absolute Gasteiger partial charge is 0.504 e. The van der Waals surface area contributed by atoms with Crippen molar-refractivity contribution >= 4 is 16.9 Å². The summed E-state index contributed by atoms with van der Waals surface area (Å²) in [6.07, 6.45) is 2.46. The van der Waals surface area contributed by atoms with Crippen LogP contribution in [0.2, 0.25) is 0 Å². The van der Waals surface area contributed by atoms with Crippen LogP contribution in [0.25, 0.3) is 22.3 Å². The second-order valence-corrected chi connectivity index (χ2v) is 8.54. The van der Waals surface area contributed by atoms with Crippen LogP contribution in [0.4, 0.5) is 0 Å². The second kappa shape index (κ2) is 9.15. The summed E-state index contributed by atoms with van der Waals surface area (Å²) in [5, 5.41) is 29.1. The number of likely N-dealkylation sites (tertiary alicyclic amines) is 1. The van der Waals surface area contributed by atoms with Gasteiger partial charge in [0.2, 0.25) is 5.75 Å². The molecule has 0 bridgehead atoms. The highest BCUT2D eigenvalue weighted by Gasteiger charge is 2.18. The van der Waals surface area contributed by atoms with Gasteiger partial charge in [-0.15, -0.1) is 0 Å². The minimum atomic E-state index is -0.787. The minimum absolute atomic E-state index is 0.0796. The van der Waals surface area contributed by atoms with Gasteiger partial charge in [-0.05, 0) is 67.9 Å². The van der Waals surface area contributed by atoms with E-state index in [0.29, 0.717) is 16.9 Å². The van der Waals surface area contributed by atoms with Crippen LogP contribution >= 0.6 is 0 Å². The number of phenols is 3. The number of rotatable bonds is 5. The first-order valence-corrected chi connectivity index (χ1v) is 11.2. The molecule has 0 radical (unpaired) electrons. The molecular weight excluding hydrogens is 450 g/mol. The highest BCUT2D eigenvalue weighted by atomic mass is 16.5. The molecule has 35 heavy (non-hydrogen) atoms. The molecule has 1 aliphatic heterocycles. The highest BCUT2D eigenvalue weighted by molar-refractivity contribution is 5.91. The Kier molecular flexibility index (Phi) is 5.88. The van der Waals surface area contributed by atoms with Crippen molar-refractivity contribution in [3.05, 3.63) is 82.0 Å². The number of nitrogens with zero attached hydrogens (tertiary/aromatic N) is 1. The summed E-state index contributed by atoms with van der Waals surface area (Å²) >= 11 is 0. The van der Waals surface area contributed by atoms with E-state index in [-0.39, 0.29) is 16.7 Å². The number of aromatic hydroxyl groups is 3. The average Bonchev–Trinajstić information content (AvgIpc) is 3.36. The van der Waals surface area contributed by atoms with Crippen molar-refractivity contribution in [2.24, 2.45) is 0 Å². The van der Waals surface area contributed by atoms with E-state index >= 15 is 0 Å². The van der Waals surface area contributed by atoms with Gasteiger partial charge in [0.15, 0.2) is 16.9 Å². The lowest BCUT2D eigenvalue weighted by molar-refractivity contribution is 0.0734. The maximum absolute atomic E-state index is 12.5. The number of carbonyl (C=O) groups excluding carboxylic acids is 1. The summed E-state index contributed by atoms with van der Waals surface area (Å²) in [7, 11) is 0. The maximum atomic E-state index is 12.5. The lowest BCUT2D eigenvalue weighted by Crippen LogP contribution is -2.18. The molecule has 1 aromatic heterocycles. The molecule has 8 heteroatoms. The fourth-order valence-corrected chi connectivity index (χ4v) is 4.22. The van der Waals surface area contributed by atoms with E-state index in [0.717, 1.165) is 31.3 Å². The zero-order chi connectivity index (χ0) is 24.5. The van der Waals surface area contributed by atoms with Gasteiger partial charge in [-0.1, -0.05) is 12.1 Å². The molecule has 4 aromatic rings. The molecule has 0 spiro atoms. The van der Waals surface area contributed by atoms with Crippen LogP contribution in [-0.2, 0) is 6.54 Å². The summed E-state index contributed by atoms with van der Waals surface area (Å²) < 4.78 is 11.1. The Balaban J connectivity index is 1.31. The van der Waals surface area contributed by atoms with Crippen LogP contribution in [-0.4, -0.2) is 39.3 Å². The molecule has 0 aliphatic carbocycles. The van der Waals surface area contributed by atoms with E-state index in [4.69, 9.17) is 9.15 Å². The van der Waals surface area contributed by atoms with Crippen LogP contribution in [0.15, 0.2) is 69.9 Å². The Morgan fingerprint density at radius 3 is 2.29 bits per heavy atom. The van der Waals surface area contributed by atoms with Crippen molar-refractivity contribution in [1.82, 2.24) is 4.90 Å². The number of benzene rings is 3. The van der Waals surface area contributed by atoms with Crippen LogP contribution < -0.4 is 10.2 Å². The third-order valence-electron chi connectivity index (χ3n) is 6.09. The van der Waals surface area contributed by atoms with Gasteiger partial charge >= 0.3 is 5.97 Å². The van der Waals surface area contributed by atoms with Gasteiger partial charge in [0.05, 0.1) is 5.56 Å². The van der Waals surface area contributed by atoms with E-state index in [1.807, 2.05) is 12.1 Å². The van der Waals surface area contributed by atoms with Crippen molar-refractivity contribution in [1.29, 1.82) is 0 Å². The topological polar surface area (TPSA) is 120 Å². The first-order chi connectivity index (χ1) is 16.9. The number of hydrogen-bond acceptors (Lipinski definition) is 8. The number of esters is 1. The molecule has 3 aromatic carbocycles. The molecular formula is C27H23NO7. The van der Waals surface area contributed by atoms with E-state index < -0.39 is 28.6 Å². The molecule has 1 aliphatic rings. The van der Waals surface area contributed by atoms with Crippen molar-refractivity contribution < 1.29 is 29.3 Å². The first kappa shape index (κ1) is 22.5. The van der Waals surface area contributed by atoms with Gasteiger partial charge in [-0.2, -0.15) is 0 Å². The van der Waals surface area contributed by atoms with Crippen molar-refractivity contribution in [3.63, 3.8) is 0 Å². The SMILES string of the molecule is O=C(Oc1ccc(-c2cc(=O)c3c(O)c(O)c(O)cc3o2)cc1)c1ccc(CN2CCCC2)cc1. The third kappa shape index (κ3) is 4.56. The average molecular weight is 473 g/mol. The fourth-order valence-electron chi connectivity index (χ4n) is 4.22. The van der Waals surface area contributed by atoms with Gasteiger partial charge < -0.3 is 24.5 Å². The number of hydrogen-bond donors (Lipinski definition) is 3. The standard InChI is InChI=1S/C27H23NO7/c29-20-13-22(35-23-14-21(30)25(31)26(32)24(20)23)17-7-9-19(10-8-17)34-27(33)18-5-3-16(4-6-18)15-28-11-1-2-12-28/h3-10,13-14,30-32H,1-2,11-12,15H2. The Bertz CT molecular complexity index is 1450. The van der Waals surface area contributed by atoms with Gasteiger partial charge in [-0.25, -0.2) is 4.79 Å². The number of ether oxygens (including phenoxy) is 1. The minimum Gasteiger partial charge on any atom is -0.504 e. The van der Waals surface area contributed by atoms with Crippen molar-refractivity contribution in [2.75, 3.05) is 13.1 Å². The molecule has 0 atom stereocenters.